The van der Waals surface area contributed by atoms with Crippen LogP contribution in [0.3, 0.4) is 0 Å². The van der Waals surface area contributed by atoms with Gasteiger partial charge in [-0.3, -0.25) is 9.38 Å². The van der Waals surface area contributed by atoms with Gasteiger partial charge in [0.1, 0.15) is 5.82 Å². The van der Waals surface area contributed by atoms with Gasteiger partial charge in [-0.15, -0.1) is 11.3 Å². The monoisotopic (exact) mass is 392 g/mol. The Balaban J connectivity index is 1.44. The fourth-order valence-corrected chi connectivity index (χ4v) is 4.19. The second-order valence-electron chi connectivity index (χ2n) is 6.88. The molecule has 0 bridgehead atoms. The third-order valence-electron chi connectivity index (χ3n) is 4.91. The smallest absolute Gasteiger partial charge is 0.231 e. The van der Waals surface area contributed by atoms with E-state index >= 15 is 0 Å². The van der Waals surface area contributed by atoms with E-state index in [1.807, 2.05) is 12.3 Å². The van der Waals surface area contributed by atoms with E-state index in [-0.39, 0.29) is 5.92 Å². The molecule has 6 nitrogen and oxygen atoms in total. The van der Waals surface area contributed by atoms with E-state index in [0.29, 0.717) is 6.79 Å². The highest BCUT2D eigenvalue weighted by molar-refractivity contribution is 7.09. The lowest BCUT2D eigenvalue weighted by atomic mass is 9.97. The van der Waals surface area contributed by atoms with Gasteiger partial charge in [0.15, 0.2) is 17.1 Å². The van der Waals surface area contributed by atoms with Crippen molar-refractivity contribution in [3.05, 3.63) is 70.4 Å². The molecule has 0 amide bonds. The van der Waals surface area contributed by atoms with Gasteiger partial charge in [-0.25, -0.2) is 4.98 Å². The predicted molar refractivity (Wildman–Crippen MR) is 109 cm³/mol. The number of ether oxygens (including phenoxy) is 2. The lowest BCUT2D eigenvalue weighted by Crippen LogP contribution is -2.07. The van der Waals surface area contributed by atoms with Crippen LogP contribution in [-0.2, 0) is 13.0 Å². The van der Waals surface area contributed by atoms with Gasteiger partial charge in [-0.05, 0) is 35.6 Å². The summed E-state index contributed by atoms with van der Waals surface area (Å²) in [5.41, 5.74) is 3.10. The Hall–Kier alpha value is -3.06. The van der Waals surface area contributed by atoms with Crippen LogP contribution >= 0.6 is 11.3 Å². The SMILES string of the molecule is C[C@@H](Cc1ccc2c(c1)OCO2)c1nc2cnccn2c1NCc1cccs1. The molecule has 1 atom stereocenters. The van der Waals surface area contributed by atoms with Gasteiger partial charge in [0.25, 0.3) is 0 Å². The first kappa shape index (κ1) is 17.1. The molecule has 0 spiro atoms. The van der Waals surface area contributed by atoms with Gasteiger partial charge < -0.3 is 14.8 Å². The summed E-state index contributed by atoms with van der Waals surface area (Å²) in [4.78, 5) is 10.4. The molecule has 1 aliphatic rings. The molecule has 7 heteroatoms. The van der Waals surface area contributed by atoms with Gasteiger partial charge in [0, 0.05) is 23.2 Å². The summed E-state index contributed by atoms with van der Waals surface area (Å²) in [6, 6.07) is 10.4. The number of fused-ring (bicyclic) bond motifs is 2. The molecule has 142 valence electrons. The van der Waals surface area contributed by atoms with Crippen LogP contribution in [-0.4, -0.2) is 21.2 Å². The summed E-state index contributed by atoms with van der Waals surface area (Å²) < 4.78 is 13.0. The number of aromatic nitrogens is 3. The fraction of sp³-hybridized carbons (Fsp3) is 0.238. The van der Waals surface area contributed by atoms with Crippen LogP contribution in [0, 0.1) is 0 Å². The summed E-state index contributed by atoms with van der Waals surface area (Å²) >= 11 is 1.75. The van der Waals surface area contributed by atoms with Crippen LogP contribution in [0.2, 0.25) is 0 Å². The van der Waals surface area contributed by atoms with Crippen molar-refractivity contribution in [3.8, 4) is 11.5 Å². The molecule has 1 aliphatic heterocycles. The summed E-state index contributed by atoms with van der Waals surface area (Å²) in [6.45, 7) is 3.28. The predicted octanol–water partition coefficient (Wildman–Crippen LogP) is 4.48. The van der Waals surface area contributed by atoms with E-state index < -0.39 is 0 Å². The number of imidazole rings is 1. The Kier molecular flexibility index (Phi) is 4.37. The van der Waals surface area contributed by atoms with Crippen molar-refractivity contribution in [2.45, 2.75) is 25.8 Å². The number of hydrogen-bond donors (Lipinski definition) is 1. The lowest BCUT2D eigenvalue weighted by molar-refractivity contribution is 0.174. The number of rotatable bonds is 6. The molecule has 0 saturated heterocycles. The van der Waals surface area contributed by atoms with Gasteiger partial charge in [0.05, 0.1) is 18.4 Å². The van der Waals surface area contributed by atoms with E-state index in [0.717, 1.165) is 41.6 Å². The highest BCUT2D eigenvalue weighted by atomic mass is 32.1. The standard InChI is InChI=1S/C21H20N4O2S/c1-14(9-15-4-5-17-18(10-15)27-13-26-17)20-21(23-11-16-3-2-8-28-16)25-7-6-22-12-19(25)24-20/h2-8,10,12,14,23H,9,11,13H2,1H3/t14-/m0/s1. The largest absolute Gasteiger partial charge is 0.454 e. The average Bonchev–Trinajstić information content (AvgIpc) is 3.45. The molecule has 28 heavy (non-hydrogen) atoms. The highest BCUT2D eigenvalue weighted by Gasteiger charge is 2.20. The second kappa shape index (κ2) is 7.16. The van der Waals surface area contributed by atoms with Crippen LogP contribution in [0.5, 0.6) is 11.5 Å². The zero-order chi connectivity index (χ0) is 18.9. The number of nitrogens with one attached hydrogen (secondary N) is 1. The number of benzene rings is 1. The molecule has 4 heterocycles. The van der Waals surface area contributed by atoms with Crippen molar-refractivity contribution >= 4 is 22.8 Å². The van der Waals surface area contributed by atoms with Crippen LogP contribution in [0.1, 0.15) is 29.0 Å². The molecule has 1 aromatic carbocycles. The summed E-state index contributed by atoms with van der Waals surface area (Å²) in [7, 11) is 0. The van der Waals surface area contributed by atoms with Gasteiger partial charge >= 0.3 is 0 Å². The molecular formula is C21H20N4O2S. The summed E-state index contributed by atoms with van der Waals surface area (Å²) in [5, 5.41) is 5.68. The first-order valence-corrected chi connectivity index (χ1v) is 10.1. The van der Waals surface area contributed by atoms with Gasteiger partial charge in [-0.2, -0.15) is 0 Å². The minimum Gasteiger partial charge on any atom is -0.454 e. The zero-order valence-electron chi connectivity index (χ0n) is 15.5. The quantitative estimate of drug-likeness (QED) is 0.524. The maximum atomic E-state index is 5.52. The third kappa shape index (κ3) is 3.18. The Morgan fingerprint density at radius 3 is 3.07 bits per heavy atom. The molecule has 0 saturated carbocycles. The van der Waals surface area contributed by atoms with Crippen molar-refractivity contribution < 1.29 is 9.47 Å². The van der Waals surface area contributed by atoms with E-state index in [1.54, 1.807) is 23.7 Å². The average molecular weight is 392 g/mol. The van der Waals surface area contributed by atoms with Crippen molar-refractivity contribution in [1.82, 2.24) is 14.4 Å². The molecule has 0 fully saturated rings. The second-order valence-corrected chi connectivity index (χ2v) is 7.91. The van der Waals surface area contributed by atoms with Crippen LogP contribution < -0.4 is 14.8 Å². The molecule has 1 N–H and O–H groups in total. The van der Waals surface area contributed by atoms with Gasteiger partial charge in [0.2, 0.25) is 6.79 Å². The minimum absolute atomic E-state index is 0.228. The molecule has 0 radical (unpaired) electrons. The van der Waals surface area contributed by atoms with Crippen molar-refractivity contribution in [1.29, 1.82) is 0 Å². The van der Waals surface area contributed by atoms with E-state index in [4.69, 9.17) is 14.5 Å². The zero-order valence-corrected chi connectivity index (χ0v) is 16.3. The van der Waals surface area contributed by atoms with Crippen molar-refractivity contribution in [2.75, 3.05) is 12.1 Å². The Morgan fingerprint density at radius 1 is 1.25 bits per heavy atom. The molecule has 5 rings (SSSR count). The van der Waals surface area contributed by atoms with Crippen molar-refractivity contribution in [2.24, 2.45) is 0 Å². The molecule has 3 aromatic heterocycles. The van der Waals surface area contributed by atoms with Gasteiger partial charge in [-0.1, -0.05) is 19.1 Å². The maximum absolute atomic E-state index is 5.52. The maximum Gasteiger partial charge on any atom is 0.231 e. The van der Waals surface area contributed by atoms with E-state index in [2.05, 4.69) is 51.3 Å². The molecule has 0 aliphatic carbocycles. The number of hydrogen-bond acceptors (Lipinski definition) is 6. The van der Waals surface area contributed by atoms with Crippen LogP contribution in [0.25, 0.3) is 5.65 Å². The van der Waals surface area contributed by atoms with E-state index in [1.165, 1.54) is 10.4 Å². The molecule has 0 unspecified atom stereocenters. The Bertz CT molecular complexity index is 1110. The highest BCUT2D eigenvalue weighted by Crippen LogP contribution is 2.35. The topological polar surface area (TPSA) is 60.7 Å². The van der Waals surface area contributed by atoms with Crippen LogP contribution in [0.15, 0.2) is 54.3 Å². The number of nitrogens with zero attached hydrogens (tertiary/aromatic N) is 3. The van der Waals surface area contributed by atoms with Crippen LogP contribution in [0.4, 0.5) is 5.82 Å². The van der Waals surface area contributed by atoms with Crippen molar-refractivity contribution in [3.63, 3.8) is 0 Å². The normalized spacial score (nSPS) is 13.8. The third-order valence-corrected chi connectivity index (χ3v) is 5.79. The first-order valence-electron chi connectivity index (χ1n) is 9.24. The summed E-state index contributed by atoms with van der Waals surface area (Å²) in [6.07, 6.45) is 6.40. The minimum atomic E-state index is 0.228. The fourth-order valence-electron chi connectivity index (χ4n) is 3.55. The number of anilines is 1. The first-order chi connectivity index (χ1) is 13.8. The molecular weight excluding hydrogens is 372 g/mol. The Labute approximate surface area is 166 Å². The lowest BCUT2D eigenvalue weighted by Gasteiger charge is -2.13. The molecule has 4 aromatic rings. The van der Waals surface area contributed by atoms with E-state index in [9.17, 15) is 0 Å². The Morgan fingerprint density at radius 2 is 2.18 bits per heavy atom. The number of thiophene rings is 1. The summed E-state index contributed by atoms with van der Waals surface area (Å²) in [5.74, 6) is 2.89.